The summed E-state index contributed by atoms with van der Waals surface area (Å²) in [5.74, 6) is -0.263. The van der Waals surface area contributed by atoms with E-state index in [0.717, 1.165) is 5.56 Å². The molecule has 2 nitrogen and oxygen atoms in total. The van der Waals surface area contributed by atoms with Crippen LogP contribution in [-0.4, -0.2) is 10.8 Å². The number of carbonyl (C=O) groups excluding carboxylic acids is 1. The zero-order valence-corrected chi connectivity index (χ0v) is 10.6. The lowest BCUT2D eigenvalue weighted by molar-refractivity contribution is 0.103. The van der Waals surface area contributed by atoms with Crippen molar-refractivity contribution >= 4 is 29.0 Å². The van der Waals surface area contributed by atoms with Gasteiger partial charge in [0, 0.05) is 6.20 Å². The number of benzene rings is 1. The number of rotatable bonds is 2. The van der Waals surface area contributed by atoms with Gasteiger partial charge in [-0.1, -0.05) is 35.3 Å². The van der Waals surface area contributed by atoms with Crippen LogP contribution in [0.2, 0.25) is 10.0 Å². The van der Waals surface area contributed by atoms with Gasteiger partial charge in [0.2, 0.25) is 5.78 Å². The zero-order chi connectivity index (χ0) is 12.4. The first-order valence-electron chi connectivity index (χ1n) is 5.01. The van der Waals surface area contributed by atoms with Gasteiger partial charge in [-0.25, -0.2) is 0 Å². The number of carbonyl (C=O) groups is 1. The van der Waals surface area contributed by atoms with Crippen molar-refractivity contribution < 1.29 is 4.79 Å². The maximum Gasteiger partial charge on any atom is 0.214 e. The summed E-state index contributed by atoms with van der Waals surface area (Å²) in [6.07, 6.45) is 1.64. The van der Waals surface area contributed by atoms with Crippen LogP contribution in [0.3, 0.4) is 0 Å². The molecular formula is C13H9Cl2NO. The molecule has 0 aliphatic rings. The van der Waals surface area contributed by atoms with E-state index in [1.807, 2.05) is 13.0 Å². The fourth-order valence-corrected chi connectivity index (χ4v) is 2.01. The molecular weight excluding hydrogens is 257 g/mol. The van der Waals surface area contributed by atoms with Crippen molar-refractivity contribution in [2.45, 2.75) is 6.92 Å². The molecule has 17 heavy (non-hydrogen) atoms. The minimum Gasteiger partial charge on any atom is -0.287 e. The molecule has 0 N–H and O–H groups in total. The second-order valence-electron chi connectivity index (χ2n) is 3.65. The molecule has 86 valence electrons. The maximum absolute atomic E-state index is 12.2. The molecule has 2 aromatic rings. The van der Waals surface area contributed by atoms with Gasteiger partial charge in [-0.2, -0.15) is 0 Å². The van der Waals surface area contributed by atoms with Gasteiger partial charge >= 0.3 is 0 Å². The molecule has 0 unspecified atom stereocenters. The summed E-state index contributed by atoms with van der Waals surface area (Å²) in [5, 5.41) is 0.676. The number of pyridine rings is 1. The summed E-state index contributed by atoms with van der Waals surface area (Å²) >= 11 is 11.9. The van der Waals surface area contributed by atoms with Gasteiger partial charge in [0.15, 0.2) is 0 Å². The molecule has 1 aromatic carbocycles. The summed E-state index contributed by atoms with van der Waals surface area (Å²) in [5.41, 5.74) is 1.63. The minimum absolute atomic E-state index is 0.263. The van der Waals surface area contributed by atoms with Gasteiger partial charge in [0.1, 0.15) is 5.69 Å². The third-order valence-corrected chi connectivity index (χ3v) is 2.96. The SMILES string of the molecule is Cc1ccc(C(=O)c2c(Cl)cccc2Cl)nc1. The summed E-state index contributed by atoms with van der Waals surface area (Å²) < 4.78 is 0. The Labute approximate surface area is 109 Å². The lowest BCUT2D eigenvalue weighted by atomic mass is 10.1. The molecule has 0 fully saturated rings. The van der Waals surface area contributed by atoms with Crippen LogP contribution in [0.1, 0.15) is 21.6 Å². The van der Waals surface area contributed by atoms with Crippen LogP contribution in [-0.2, 0) is 0 Å². The Bertz CT molecular complexity index is 544. The van der Waals surface area contributed by atoms with Gasteiger partial charge in [0.05, 0.1) is 15.6 Å². The van der Waals surface area contributed by atoms with E-state index in [4.69, 9.17) is 23.2 Å². The third kappa shape index (κ3) is 2.48. The highest BCUT2D eigenvalue weighted by atomic mass is 35.5. The van der Waals surface area contributed by atoms with Crippen molar-refractivity contribution in [3.8, 4) is 0 Å². The van der Waals surface area contributed by atoms with Gasteiger partial charge in [0.25, 0.3) is 0 Å². The lowest BCUT2D eigenvalue weighted by Gasteiger charge is -2.05. The first-order chi connectivity index (χ1) is 8.09. The normalized spacial score (nSPS) is 10.3. The van der Waals surface area contributed by atoms with E-state index in [0.29, 0.717) is 21.3 Å². The average molecular weight is 266 g/mol. The second kappa shape index (κ2) is 4.86. The average Bonchev–Trinajstić information content (AvgIpc) is 2.29. The summed E-state index contributed by atoms with van der Waals surface area (Å²) in [7, 11) is 0. The maximum atomic E-state index is 12.2. The number of hydrogen-bond donors (Lipinski definition) is 0. The first kappa shape index (κ1) is 12.1. The monoisotopic (exact) mass is 265 g/mol. The number of hydrogen-bond acceptors (Lipinski definition) is 2. The molecule has 0 amide bonds. The minimum atomic E-state index is -0.263. The van der Waals surface area contributed by atoms with Gasteiger partial charge in [-0.3, -0.25) is 9.78 Å². The van der Waals surface area contributed by atoms with E-state index >= 15 is 0 Å². The zero-order valence-electron chi connectivity index (χ0n) is 9.08. The molecule has 4 heteroatoms. The van der Waals surface area contributed by atoms with Crippen molar-refractivity contribution in [1.82, 2.24) is 4.98 Å². The molecule has 1 aromatic heterocycles. The fourth-order valence-electron chi connectivity index (χ4n) is 1.44. The van der Waals surface area contributed by atoms with Crippen LogP contribution < -0.4 is 0 Å². The van der Waals surface area contributed by atoms with Crippen LogP contribution in [0, 0.1) is 6.92 Å². The van der Waals surface area contributed by atoms with E-state index in [1.165, 1.54) is 0 Å². The Morgan fingerprint density at radius 2 is 1.76 bits per heavy atom. The van der Waals surface area contributed by atoms with Gasteiger partial charge in [-0.15, -0.1) is 0 Å². The molecule has 0 aliphatic carbocycles. The third-order valence-electron chi connectivity index (χ3n) is 2.33. The Morgan fingerprint density at radius 3 is 2.29 bits per heavy atom. The highest BCUT2D eigenvalue weighted by Crippen LogP contribution is 2.26. The molecule has 1 heterocycles. The van der Waals surface area contributed by atoms with Crippen molar-refractivity contribution in [2.24, 2.45) is 0 Å². The second-order valence-corrected chi connectivity index (χ2v) is 4.46. The standard InChI is InChI=1S/C13H9Cl2NO/c1-8-5-6-11(16-7-8)13(17)12-9(14)3-2-4-10(12)15/h2-7H,1H3. The smallest absolute Gasteiger partial charge is 0.214 e. The van der Waals surface area contributed by atoms with Crippen LogP contribution >= 0.6 is 23.2 Å². The summed E-state index contributed by atoms with van der Waals surface area (Å²) in [6.45, 7) is 1.91. The van der Waals surface area contributed by atoms with E-state index in [9.17, 15) is 4.79 Å². The number of aromatic nitrogens is 1. The predicted octanol–water partition coefficient (Wildman–Crippen LogP) is 3.93. The molecule has 0 saturated carbocycles. The van der Waals surface area contributed by atoms with Crippen LogP contribution in [0.15, 0.2) is 36.5 Å². The summed E-state index contributed by atoms with van der Waals surface area (Å²) in [6, 6.07) is 8.45. The van der Waals surface area contributed by atoms with Crippen molar-refractivity contribution in [3.63, 3.8) is 0 Å². The van der Waals surface area contributed by atoms with E-state index in [1.54, 1.807) is 30.5 Å². The molecule has 0 atom stereocenters. The van der Waals surface area contributed by atoms with Crippen molar-refractivity contribution in [2.75, 3.05) is 0 Å². The molecule has 2 rings (SSSR count). The molecule has 0 radical (unpaired) electrons. The molecule has 0 spiro atoms. The Kier molecular flexibility index (Phi) is 3.46. The first-order valence-corrected chi connectivity index (χ1v) is 5.76. The molecule has 0 aliphatic heterocycles. The molecule has 0 bridgehead atoms. The number of nitrogens with zero attached hydrogens (tertiary/aromatic N) is 1. The Balaban J connectivity index is 2.47. The largest absolute Gasteiger partial charge is 0.287 e. The quantitative estimate of drug-likeness (QED) is 0.771. The predicted molar refractivity (Wildman–Crippen MR) is 68.9 cm³/mol. The topological polar surface area (TPSA) is 30.0 Å². The lowest BCUT2D eigenvalue weighted by Crippen LogP contribution is -2.05. The van der Waals surface area contributed by atoms with E-state index in [2.05, 4.69) is 4.98 Å². The van der Waals surface area contributed by atoms with Crippen molar-refractivity contribution in [1.29, 1.82) is 0 Å². The number of halogens is 2. The van der Waals surface area contributed by atoms with Gasteiger partial charge in [-0.05, 0) is 30.7 Å². The Hall–Kier alpha value is -1.38. The number of ketones is 1. The highest BCUT2D eigenvalue weighted by molar-refractivity contribution is 6.40. The van der Waals surface area contributed by atoms with Crippen LogP contribution in [0.5, 0.6) is 0 Å². The van der Waals surface area contributed by atoms with E-state index < -0.39 is 0 Å². The Morgan fingerprint density at radius 1 is 1.12 bits per heavy atom. The summed E-state index contributed by atoms with van der Waals surface area (Å²) in [4.78, 5) is 16.2. The van der Waals surface area contributed by atoms with Gasteiger partial charge < -0.3 is 0 Å². The molecule has 0 saturated heterocycles. The highest BCUT2D eigenvalue weighted by Gasteiger charge is 2.17. The van der Waals surface area contributed by atoms with E-state index in [-0.39, 0.29) is 5.78 Å². The van der Waals surface area contributed by atoms with Crippen LogP contribution in [0.4, 0.5) is 0 Å². The fraction of sp³-hybridized carbons (Fsp3) is 0.0769. The van der Waals surface area contributed by atoms with Crippen LogP contribution in [0.25, 0.3) is 0 Å². The van der Waals surface area contributed by atoms with Crippen molar-refractivity contribution in [3.05, 3.63) is 63.4 Å². The number of aryl methyl sites for hydroxylation is 1.